The maximum atomic E-state index is 13.3. The molecule has 0 saturated heterocycles. The van der Waals surface area contributed by atoms with E-state index >= 15 is 0 Å². The lowest BCUT2D eigenvalue weighted by Gasteiger charge is -2.44. The first-order chi connectivity index (χ1) is 18.4. The van der Waals surface area contributed by atoms with E-state index in [1.165, 1.54) is 13.4 Å². The van der Waals surface area contributed by atoms with Crippen molar-refractivity contribution in [2.75, 3.05) is 24.8 Å². The summed E-state index contributed by atoms with van der Waals surface area (Å²) in [5.74, 6) is -2.41. The number of amides is 1. The number of aliphatic hydroxyl groups is 1. The van der Waals surface area contributed by atoms with Crippen molar-refractivity contribution in [3.63, 3.8) is 0 Å². The summed E-state index contributed by atoms with van der Waals surface area (Å²) in [6, 6.07) is 21.0. The summed E-state index contributed by atoms with van der Waals surface area (Å²) in [5.41, 5.74) is -0.863. The van der Waals surface area contributed by atoms with Crippen molar-refractivity contribution in [1.82, 2.24) is 5.32 Å². The summed E-state index contributed by atoms with van der Waals surface area (Å²) < 4.78 is 16.2. The fourth-order valence-corrected chi connectivity index (χ4v) is 5.30. The Hall–Kier alpha value is -4.20. The third-order valence-electron chi connectivity index (χ3n) is 6.07. The van der Waals surface area contributed by atoms with Gasteiger partial charge in [-0.3, -0.25) is 9.59 Å². The lowest BCUT2D eigenvalue weighted by atomic mass is 9.73. The molecule has 196 valence electrons. The van der Waals surface area contributed by atoms with Crippen molar-refractivity contribution in [2.45, 2.75) is 18.6 Å². The van der Waals surface area contributed by atoms with E-state index in [-0.39, 0.29) is 28.9 Å². The van der Waals surface area contributed by atoms with Gasteiger partial charge in [-0.15, -0.1) is 0 Å². The highest BCUT2D eigenvalue weighted by Crippen LogP contribution is 2.49. The van der Waals surface area contributed by atoms with Gasteiger partial charge in [0.25, 0.3) is 0 Å². The Morgan fingerprint density at radius 3 is 2.63 bits per heavy atom. The van der Waals surface area contributed by atoms with Gasteiger partial charge in [0, 0.05) is 17.3 Å². The molecule has 0 unspecified atom stereocenters. The molecule has 1 aromatic heterocycles. The number of rotatable bonds is 9. The van der Waals surface area contributed by atoms with Crippen molar-refractivity contribution in [3.05, 3.63) is 94.9 Å². The van der Waals surface area contributed by atoms with E-state index in [0.717, 1.165) is 11.8 Å². The molecule has 3 N–H and O–H groups in total. The van der Waals surface area contributed by atoms with E-state index in [0.29, 0.717) is 22.8 Å². The van der Waals surface area contributed by atoms with Crippen LogP contribution in [0.1, 0.15) is 24.2 Å². The minimum absolute atomic E-state index is 0.0788. The second kappa shape index (κ2) is 11.9. The first-order valence-corrected chi connectivity index (χ1v) is 12.9. The molecule has 2 heterocycles. The Morgan fingerprint density at radius 2 is 1.97 bits per heavy atom. The van der Waals surface area contributed by atoms with Crippen LogP contribution >= 0.6 is 11.8 Å². The average Bonchev–Trinajstić information content (AvgIpc) is 3.47. The lowest BCUT2D eigenvalue weighted by molar-refractivity contribution is -0.164. The molecule has 1 aliphatic rings. The SMILES string of the molecule is CCOC(=O)[C@@H]1[C@@H](c2ccco2)C(C#N)=C(SCC(=O)Nc2cccc(OC)c2)N[C@]1(O)c1ccccc1. The minimum Gasteiger partial charge on any atom is -0.497 e. The number of esters is 1. The average molecular weight is 534 g/mol. The molecule has 38 heavy (non-hydrogen) atoms. The molecular formula is C28H27N3O6S. The van der Waals surface area contributed by atoms with Crippen molar-refractivity contribution in [1.29, 1.82) is 5.26 Å². The van der Waals surface area contributed by atoms with Gasteiger partial charge in [0.15, 0.2) is 5.72 Å². The first kappa shape index (κ1) is 26.9. The van der Waals surface area contributed by atoms with Crippen molar-refractivity contribution in [2.24, 2.45) is 5.92 Å². The van der Waals surface area contributed by atoms with Gasteiger partial charge in [-0.1, -0.05) is 48.2 Å². The molecule has 0 saturated carbocycles. The van der Waals surface area contributed by atoms with Crippen LogP contribution in [-0.2, 0) is 20.1 Å². The van der Waals surface area contributed by atoms with Crippen molar-refractivity contribution >= 4 is 29.3 Å². The van der Waals surface area contributed by atoms with E-state index in [1.54, 1.807) is 73.7 Å². The molecule has 0 spiro atoms. The number of hydrogen-bond donors (Lipinski definition) is 3. The van der Waals surface area contributed by atoms with Crippen LogP contribution in [0.15, 0.2) is 88.0 Å². The molecule has 1 amide bonds. The molecule has 0 radical (unpaired) electrons. The van der Waals surface area contributed by atoms with Gasteiger partial charge in [-0.2, -0.15) is 5.26 Å². The molecule has 4 rings (SSSR count). The van der Waals surface area contributed by atoms with Gasteiger partial charge < -0.3 is 29.6 Å². The zero-order valence-corrected chi connectivity index (χ0v) is 21.7. The number of nitrogens with zero attached hydrogens (tertiary/aromatic N) is 1. The summed E-state index contributed by atoms with van der Waals surface area (Å²) in [7, 11) is 1.54. The number of thioether (sulfide) groups is 1. The molecule has 2 aromatic carbocycles. The largest absolute Gasteiger partial charge is 0.497 e. The maximum absolute atomic E-state index is 13.3. The molecule has 3 aromatic rings. The Morgan fingerprint density at radius 1 is 1.18 bits per heavy atom. The molecular weight excluding hydrogens is 506 g/mol. The number of allylic oxidation sites excluding steroid dienone is 1. The topological polar surface area (TPSA) is 134 Å². The van der Waals surface area contributed by atoms with Crippen LogP contribution in [0.25, 0.3) is 0 Å². The molecule has 0 bridgehead atoms. The second-order valence-electron chi connectivity index (χ2n) is 8.40. The number of nitriles is 1. The predicted octanol–water partition coefficient (Wildman–Crippen LogP) is 4.11. The van der Waals surface area contributed by atoms with Gasteiger partial charge in [0.1, 0.15) is 17.4 Å². The maximum Gasteiger partial charge on any atom is 0.315 e. The first-order valence-electron chi connectivity index (χ1n) is 11.9. The van der Waals surface area contributed by atoms with Gasteiger partial charge in [-0.25, -0.2) is 0 Å². The second-order valence-corrected chi connectivity index (χ2v) is 9.39. The van der Waals surface area contributed by atoms with E-state index in [9.17, 15) is 20.0 Å². The molecule has 0 fully saturated rings. The number of hydrogen-bond acceptors (Lipinski definition) is 9. The molecule has 0 aliphatic carbocycles. The van der Waals surface area contributed by atoms with E-state index < -0.39 is 23.5 Å². The summed E-state index contributed by atoms with van der Waals surface area (Å²) in [5, 5.41) is 28.3. The monoisotopic (exact) mass is 533 g/mol. The standard InChI is InChI=1S/C28H27N3O6S/c1-3-36-27(33)25-24(22-13-8-14-37-22)21(16-29)26(31-28(25,34)18-9-5-4-6-10-18)38-17-23(32)30-19-11-7-12-20(15-19)35-2/h4-15,24-25,31,34H,3,17H2,1-2H3,(H,30,32)/t24-,25+,28+/m1/s1. The van der Waals surface area contributed by atoms with Crippen LogP contribution in [0.4, 0.5) is 5.69 Å². The van der Waals surface area contributed by atoms with Gasteiger partial charge in [0.2, 0.25) is 5.91 Å². The Kier molecular flexibility index (Phi) is 8.41. The number of carbonyl (C=O) groups is 2. The normalized spacial score (nSPS) is 20.7. The minimum atomic E-state index is -1.96. The highest BCUT2D eigenvalue weighted by Gasteiger charge is 2.55. The fraction of sp³-hybridized carbons (Fsp3) is 0.250. The third-order valence-corrected chi connectivity index (χ3v) is 7.09. The number of ether oxygens (including phenoxy) is 2. The highest BCUT2D eigenvalue weighted by atomic mass is 32.2. The number of benzene rings is 2. The number of methoxy groups -OCH3 is 1. The van der Waals surface area contributed by atoms with E-state index in [1.807, 2.05) is 0 Å². The van der Waals surface area contributed by atoms with E-state index in [4.69, 9.17) is 13.9 Å². The van der Waals surface area contributed by atoms with Crippen LogP contribution < -0.4 is 15.4 Å². The van der Waals surface area contributed by atoms with Gasteiger partial charge in [0.05, 0.1) is 48.3 Å². The van der Waals surface area contributed by atoms with Crippen molar-refractivity contribution < 1.29 is 28.6 Å². The number of nitrogens with one attached hydrogen (secondary N) is 2. The molecule has 1 aliphatic heterocycles. The summed E-state index contributed by atoms with van der Waals surface area (Å²) in [6.07, 6.45) is 1.44. The Balaban J connectivity index is 1.72. The number of carbonyl (C=O) groups excluding carboxylic acids is 2. The predicted molar refractivity (Wildman–Crippen MR) is 142 cm³/mol. The van der Waals surface area contributed by atoms with E-state index in [2.05, 4.69) is 16.7 Å². The Labute approximate surface area is 224 Å². The van der Waals surface area contributed by atoms with Gasteiger partial charge in [-0.05, 0) is 31.2 Å². The fourth-order valence-electron chi connectivity index (χ4n) is 4.39. The number of furan rings is 1. The van der Waals surface area contributed by atoms with Crippen LogP contribution in [0.2, 0.25) is 0 Å². The summed E-state index contributed by atoms with van der Waals surface area (Å²) >= 11 is 1.04. The van der Waals surface area contributed by atoms with Crippen molar-refractivity contribution in [3.8, 4) is 11.8 Å². The molecule has 10 heteroatoms. The quantitative estimate of drug-likeness (QED) is 0.348. The zero-order chi connectivity index (χ0) is 27.1. The molecule has 9 nitrogen and oxygen atoms in total. The Bertz CT molecular complexity index is 1350. The number of anilines is 1. The summed E-state index contributed by atoms with van der Waals surface area (Å²) in [4.78, 5) is 26.1. The molecule has 3 atom stereocenters. The third kappa shape index (κ3) is 5.54. The van der Waals surface area contributed by atoms with Crippen LogP contribution in [0.5, 0.6) is 5.75 Å². The van der Waals surface area contributed by atoms with Crippen LogP contribution in [-0.4, -0.2) is 36.5 Å². The van der Waals surface area contributed by atoms with Crippen LogP contribution in [0.3, 0.4) is 0 Å². The summed E-state index contributed by atoms with van der Waals surface area (Å²) in [6.45, 7) is 1.75. The zero-order valence-electron chi connectivity index (χ0n) is 20.8. The highest BCUT2D eigenvalue weighted by molar-refractivity contribution is 8.03. The van der Waals surface area contributed by atoms with Crippen LogP contribution in [0, 0.1) is 17.2 Å². The lowest BCUT2D eigenvalue weighted by Crippen LogP contribution is -2.56. The smallest absolute Gasteiger partial charge is 0.315 e. The van der Waals surface area contributed by atoms with Gasteiger partial charge >= 0.3 is 5.97 Å².